The van der Waals surface area contributed by atoms with Gasteiger partial charge in [-0.25, -0.2) is 4.79 Å². The zero-order chi connectivity index (χ0) is 31.6. The maximum atomic E-state index is 11.9. The van der Waals surface area contributed by atoms with E-state index in [9.17, 15) is 9.90 Å². The molecule has 0 bridgehead atoms. The van der Waals surface area contributed by atoms with Crippen LogP contribution in [0.1, 0.15) is 67.3 Å². The topological polar surface area (TPSA) is 80.3 Å². The smallest absolute Gasteiger partial charge is 0.407 e. The zero-order valence-corrected chi connectivity index (χ0v) is 26.3. The average molecular weight is 611 g/mol. The number of hydrogen-bond donors (Lipinski definition) is 2. The fourth-order valence-electron chi connectivity index (χ4n) is 6.45. The molecule has 1 aliphatic heterocycles. The molecule has 4 atom stereocenters. The van der Waals surface area contributed by atoms with E-state index < -0.39 is 12.4 Å². The molecule has 7 nitrogen and oxygen atoms in total. The number of nitrogens with zero attached hydrogens (tertiary/aromatic N) is 1. The van der Waals surface area contributed by atoms with Gasteiger partial charge in [-0.15, -0.1) is 6.58 Å². The zero-order valence-electron chi connectivity index (χ0n) is 26.3. The lowest BCUT2D eigenvalue weighted by atomic mass is 9.89. The molecule has 2 aliphatic rings. The molecule has 0 aromatic heterocycles. The Kier molecular flexibility index (Phi) is 11.6. The molecule has 238 valence electrons. The van der Waals surface area contributed by atoms with Gasteiger partial charge in [-0.2, -0.15) is 0 Å². The van der Waals surface area contributed by atoms with E-state index in [0.717, 1.165) is 46.5 Å². The molecular formula is C38H46N2O5. The van der Waals surface area contributed by atoms with Crippen LogP contribution < -0.4 is 5.32 Å². The van der Waals surface area contributed by atoms with E-state index in [1.807, 2.05) is 36.4 Å². The first-order valence-electron chi connectivity index (χ1n) is 16.1. The van der Waals surface area contributed by atoms with Gasteiger partial charge in [-0.3, -0.25) is 4.90 Å². The number of hydrogen-bond acceptors (Lipinski definition) is 6. The van der Waals surface area contributed by atoms with Gasteiger partial charge in [0, 0.05) is 37.2 Å². The normalized spacial score (nSPS) is 21.8. The number of aliphatic hydroxyl groups excluding tert-OH is 1. The van der Waals surface area contributed by atoms with E-state index >= 15 is 0 Å². The van der Waals surface area contributed by atoms with Crippen LogP contribution in [-0.4, -0.2) is 47.9 Å². The predicted octanol–water partition coefficient (Wildman–Crippen LogP) is 7.48. The van der Waals surface area contributed by atoms with Crippen molar-refractivity contribution in [3.63, 3.8) is 0 Å². The summed E-state index contributed by atoms with van der Waals surface area (Å²) >= 11 is 0. The quantitative estimate of drug-likeness (QED) is 0.195. The minimum atomic E-state index is -0.549. The van der Waals surface area contributed by atoms with Gasteiger partial charge >= 0.3 is 6.09 Å². The van der Waals surface area contributed by atoms with Gasteiger partial charge in [0.2, 0.25) is 0 Å². The molecule has 0 radical (unpaired) electrons. The maximum absolute atomic E-state index is 11.9. The fraction of sp³-hybridized carbons (Fsp3) is 0.395. The standard InChI is InChI=1S/C38H46N2O5/c1-4-20-40(34-14-6-7-15-34)25-35-27(3)36(30-18-16-28(26-41)17-19-30)45-37(44-35)33-13-9-12-32(23-33)31-11-8-10-29(22-31)24-39-38(42)43-21-5-2/h4-5,8-13,16-19,22-23,27,34-37,41H,1-2,6-7,14-15,20-21,24-26H2,3H3,(H,39,42)/t27-,35+,36+,37+/m0/s1. The molecule has 7 heteroatoms. The third kappa shape index (κ3) is 8.50. The van der Waals surface area contributed by atoms with E-state index in [1.54, 1.807) is 0 Å². The minimum Gasteiger partial charge on any atom is -0.445 e. The van der Waals surface area contributed by atoms with Crippen molar-refractivity contribution in [3.8, 4) is 11.1 Å². The third-order valence-corrected chi connectivity index (χ3v) is 8.93. The fourth-order valence-corrected chi connectivity index (χ4v) is 6.45. The summed E-state index contributed by atoms with van der Waals surface area (Å²) in [7, 11) is 0. The van der Waals surface area contributed by atoms with Crippen LogP contribution in [0.5, 0.6) is 0 Å². The number of carbonyl (C=O) groups excluding carboxylic acids is 1. The lowest BCUT2D eigenvalue weighted by molar-refractivity contribution is -0.276. The van der Waals surface area contributed by atoms with Crippen LogP contribution in [-0.2, 0) is 27.4 Å². The monoisotopic (exact) mass is 610 g/mol. The van der Waals surface area contributed by atoms with E-state index in [4.69, 9.17) is 14.2 Å². The van der Waals surface area contributed by atoms with Crippen molar-refractivity contribution in [2.45, 2.75) is 70.3 Å². The van der Waals surface area contributed by atoms with Crippen LogP contribution in [0.25, 0.3) is 11.1 Å². The molecule has 1 saturated carbocycles. The maximum Gasteiger partial charge on any atom is 0.407 e. The first-order valence-corrected chi connectivity index (χ1v) is 16.1. The number of ether oxygens (including phenoxy) is 3. The number of benzene rings is 3. The van der Waals surface area contributed by atoms with Gasteiger partial charge in [-0.05, 0) is 52.8 Å². The van der Waals surface area contributed by atoms with Gasteiger partial charge in [0.05, 0.1) is 18.8 Å². The molecule has 2 N–H and O–H groups in total. The molecule has 1 amide bonds. The highest BCUT2D eigenvalue weighted by atomic mass is 16.7. The van der Waals surface area contributed by atoms with Gasteiger partial charge in [0.1, 0.15) is 6.61 Å². The molecule has 5 rings (SSSR count). The van der Waals surface area contributed by atoms with Gasteiger partial charge in [-0.1, -0.05) is 99.2 Å². The highest BCUT2D eigenvalue weighted by Crippen LogP contribution is 2.43. The van der Waals surface area contributed by atoms with E-state index in [1.165, 1.54) is 31.8 Å². The van der Waals surface area contributed by atoms with Crippen LogP contribution in [0.4, 0.5) is 4.79 Å². The Balaban J connectivity index is 1.39. The highest BCUT2D eigenvalue weighted by molar-refractivity contribution is 5.68. The molecule has 1 saturated heterocycles. The minimum absolute atomic E-state index is 0.0110. The SMILES string of the molecule is C=CCOC(=O)NCc1cccc(-c2cccc([C@@H]3O[C@H](CN(CC=C)C4CCCC4)[C@H](C)[C@H](c4ccc(CO)cc4)O3)c2)c1. The molecular weight excluding hydrogens is 564 g/mol. The van der Waals surface area contributed by atoms with Crippen LogP contribution in [0, 0.1) is 5.92 Å². The number of aliphatic hydroxyl groups is 1. The second-order valence-corrected chi connectivity index (χ2v) is 12.1. The van der Waals surface area contributed by atoms with E-state index in [2.05, 4.69) is 72.8 Å². The van der Waals surface area contributed by atoms with Crippen molar-refractivity contribution in [1.29, 1.82) is 0 Å². The second kappa shape index (κ2) is 16.0. The summed E-state index contributed by atoms with van der Waals surface area (Å²) in [6, 6.07) is 25.0. The van der Waals surface area contributed by atoms with E-state index in [-0.39, 0.29) is 31.3 Å². The Labute approximate surface area is 267 Å². The van der Waals surface area contributed by atoms with Gasteiger partial charge in [0.25, 0.3) is 0 Å². The summed E-state index contributed by atoms with van der Waals surface area (Å²) in [6.07, 6.45) is 7.27. The van der Waals surface area contributed by atoms with Crippen molar-refractivity contribution in [2.75, 3.05) is 19.7 Å². The molecule has 2 fully saturated rings. The predicted molar refractivity (Wildman–Crippen MR) is 177 cm³/mol. The summed E-state index contributed by atoms with van der Waals surface area (Å²) in [5.74, 6) is 0.112. The Morgan fingerprint density at radius 2 is 1.69 bits per heavy atom. The van der Waals surface area contributed by atoms with Crippen LogP contribution in [0.2, 0.25) is 0 Å². The summed E-state index contributed by atoms with van der Waals surface area (Å²) in [4.78, 5) is 14.5. The number of nitrogens with one attached hydrogen (secondary N) is 1. The molecule has 1 heterocycles. The number of rotatable bonds is 13. The van der Waals surface area contributed by atoms with Crippen molar-refractivity contribution >= 4 is 6.09 Å². The Morgan fingerprint density at radius 1 is 0.956 bits per heavy atom. The number of carbonyl (C=O) groups is 1. The average Bonchev–Trinajstić information content (AvgIpc) is 3.62. The molecule has 0 unspecified atom stereocenters. The van der Waals surface area contributed by atoms with Crippen molar-refractivity contribution in [1.82, 2.24) is 10.2 Å². The van der Waals surface area contributed by atoms with Crippen molar-refractivity contribution in [3.05, 3.63) is 120 Å². The van der Waals surface area contributed by atoms with Gasteiger partial charge in [0.15, 0.2) is 6.29 Å². The first-order chi connectivity index (χ1) is 22.0. The van der Waals surface area contributed by atoms with Crippen molar-refractivity contribution in [2.24, 2.45) is 5.92 Å². The molecule has 45 heavy (non-hydrogen) atoms. The number of amides is 1. The Hall–Kier alpha value is -3.75. The summed E-state index contributed by atoms with van der Waals surface area (Å²) in [5.41, 5.74) is 5.95. The summed E-state index contributed by atoms with van der Waals surface area (Å²) in [5, 5.41) is 12.4. The van der Waals surface area contributed by atoms with Crippen LogP contribution in [0.15, 0.2) is 98.1 Å². The summed E-state index contributed by atoms with van der Waals surface area (Å²) in [6.45, 7) is 12.0. The largest absolute Gasteiger partial charge is 0.445 e. The Bertz CT molecular complexity index is 1420. The van der Waals surface area contributed by atoms with E-state index in [0.29, 0.717) is 12.6 Å². The first kappa shape index (κ1) is 32.6. The molecule has 0 spiro atoms. The molecule has 3 aromatic carbocycles. The summed E-state index contributed by atoms with van der Waals surface area (Å²) < 4.78 is 18.6. The lowest BCUT2D eigenvalue weighted by Gasteiger charge is -2.43. The number of alkyl carbamates (subject to hydrolysis) is 1. The second-order valence-electron chi connectivity index (χ2n) is 12.1. The highest BCUT2D eigenvalue weighted by Gasteiger charge is 2.40. The van der Waals surface area contributed by atoms with Crippen molar-refractivity contribution < 1.29 is 24.1 Å². The van der Waals surface area contributed by atoms with Gasteiger partial charge < -0.3 is 24.6 Å². The van der Waals surface area contributed by atoms with Crippen LogP contribution in [0.3, 0.4) is 0 Å². The third-order valence-electron chi connectivity index (χ3n) is 8.93. The van der Waals surface area contributed by atoms with Crippen LogP contribution >= 0.6 is 0 Å². The lowest BCUT2D eigenvalue weighted by Crippen LogP contribution is -2.47. The Morgan fingerprint density at radius 3 is 2.40 bits per heavy atom. The molecule has 3 aromatic rings. The molecule has 1 aliphatic carbocycles.